The molecule has 2 aromatic rings. The Hall–Kier alpha value is -3.15. The van der Waals surface area contributed by atoms with Crippen LogP contribution in [0.4, 0.5) is 5.69 Å². The maximum atomic E-state index is 12.2. The third-order valence-corrected chi connectivity index (χ3v) is 4.69. The average Bonchev–Trinajstić information content (AvgIpc) is 3.15. The number of nitrogens with one attached hydrogen (secondary N) is 2. The molecule has 1 aliphatic rings. The second-order valence-electron chi connectivity index (χ2n) is 6.76. The second-order valence-corrected chi connectivity index (χ2v) is 6.76. The van der Waals surface area contributed by atoms with Gasteiger partial charge in [0, 0.05) is 17.3 Å². The van der Waals surface area contributed by atoms with Crippen molar-refractivity contribution >= 4 is 23.5 Å². The summed E-state index contributed by atoms with van der Waals surface area (Å²) in [6.45, 7) is 0. The number of amides is 2. The molecule has 0 bridgehead atoms. The van der Waals surface area contributed by atoms with E-state index in [-0.39, 0.29) is 29.8 Å². The molecule has 1 fully saturated rings. The van der Waals surface area contributed by atoms with Gasteiger partial charge in [0.1, 0.15) is 0 Å². The Kier molecular flexibility index (Phi) is 5.86. The van der Waals surface area contributed by atoms with E-state index in [1.807, 2.05) is 0 Å². The Morgan fingerprint density at radius 3 is 2.07 bits per heavy atom. The summed E-state index contributed by atoms with van der Waals surface area (Å²) < 4.78 is 0. The van der Waals surface area contributed by atoms with Crippen molar-refractivity contribution in [2.24, 2.45) is 0 Å². The van der Waals surface area contributed by atoms with Crippen molar-refractivity contribution in [1.29, 1.82) is 0 Å². The minimum absolute atomic E-state index is 0.0849. The van der Waals surface area contributed by atoms with E-state index in [1.54, 1.807) is 36.4 Å². The van der Waals surface area contributed by atoms with Crippen LogP contribution in [0.1, 0.15) is 52.0 Å². The van der Waals surface area contributed by atoms with E-state index < -0.39 is 5.97 Å². The van der Waals surface area contributed by atoms with E-state index in [0.29, 0.717) is 11.3 Å². The van der Waals surface area contributed by atoms with Crippen molar-refractivity contribution in [3.8, 4) is 0 Å². The van der Waals surface area contributed by atoms with Crippen LogP contribution in [-0.4, -0.2) is 28.9 Å². The molecule has 0 unspecified atom stereocenters. The van der Waals surface area contributed by atoms with E-state index >= 15 is 0 Å². The van der Waals surface area contributed by atoms with Crippen molar-refractivity contribution in [2.45, 2.75) is 38.1 Å². The zero-order chi connectivity index (χ0) is 19.2. The maximum absolute atomic E-state index is 12.2. The molecule has 27 heavy (non-hydrogen) atoms. The first-order valence-corrected chi connectivity index (χ1v) is 9.04. The highest BCUT2D eigenvalue weighted by Crippen LogP contribution is 2.18. The molecular weight excluding hydrogens is 344 g/mol. The lowest BCUT2D eigenvalue weighted by Crippen LogP contribution is -2.32. The first-order chi connectivity index (χ1) is 13.0. The van der Waals surface area contributed by atoms with Crippen molar-refractivity contribution < 1.29 is 19.5 Å². The third-order valence-electron chi connectivity index (χ3n) is 4.69. The smallest absolute Gasteiger partial charge is 0.335 e. The lowest BCUT2D eigenvalue weighted by molar-refractivity contribution is -0.115. The topological polar surface area (TPSA) is 95.5 Å². The molecule has 1 saturated carbocycles. The van der Waals surface area contributed by atoms with Gasteiger partial charge in [-0.15, -0.1) is 0 Å². The van der Waals surface area contributed by atoms with Gasteiger partial charge in [0.15, 0.2) is 0 Å². The van der Waals surface area contributed by atoms with Crippen LogP contribution < -0.4 is 10.6 Å². The van der Waals surface area contributed by atoms with Gasteiger partial charge in [0.25, 0.3) is 5.91 Å². The third kappa shape index (κ3) is 5.17. The molecule has 1 aliphatic carbocycles. The highest BCUT2D eigenvalue weighted by Gasteiger charge is 2.17. The molecule has 0 aromatic heterocycles. The molecule has 0 aliphatic heterocycles. The summed E-state index contributed by atoms with van der Waals surface area (Å²) >= 11 is 0. The van der Waals surface area contributed by atoms with Gasteiger partial charge < -0.3 is 15.7 Å². The summed E-state index contributed by atoms with van der Waals surface area (Å²) in [6.07, 6.45) is 4.54. The number of aromatic carboxylic acids is 1. The van der Waals surface area contributed by atoms with E-state index in [4.69, 9.17) is 5.11 Å². The fourth-order valence-corrected chi connectivity index (χ4v) is 3.20. The van der Waals surface area contributed by atoms with Gasteiger partial charge in [0.2, 0.25) is 5.91 Å². The normalized spacial score (nSPS) is 13.9. The van der Waals surface area contributed by atoms with Gasteiger partial charge in [0.05, 0.1) is 12.0 Å². The predicted molar refractivity (Wildman–Crippen MR) is 102 cm³/mol. The number of anilines is 1. The van der Waals surface area contributed by atoms with E-state index in [1.165, 1.54) is 12.1 Å². The van der Waals surface area contributed by atoms with Crippen LogP contribution in [0.25, 0.3) is 0 Å². The van der Waals surface area contributed by atoms with Crippen LogP contribution in [0.3, 0.4) is 0 Å². The van der Waals surface area contributed by atoms with Gasteiger partial charge in [-0.05, 0) is 54.8 Å². The molecule has 140 valence electrons. The van der Waals surface area contributed by atoms with Gasteiger partial charge in [-0.25, -0.2) is 4.79 Å². The zero-order valence-corrected chi connectivity index (χ0v) is 14.9. The molecule has 2 amide bonds. The van der Waals surface area contributed by atoms with Crippen LogP contribution in [0.2, 0.25) is 0 Å². The average molecular weight is 366 g/mol. The van der Waals surface area contributed by atoms with Crippen molar-refractivity contribution in [3.63, 3.8) is 0 Å². The number of rotatable bonds is 6. The Morgan fingerprint density at radius 1 is 0.889 bits per heavy atom. The van der Waals surface area contributed by atoms with E-state index in [9.17, 15) is 14.4 Å². The van der Waals surface area contributed by atoms with E-state index in [0.717, 1.165) is 31.2 Å². The minimum Gasteiger partial charge on any atom is -0.478 e. The molecule has 6 nitrogen and oxygen atoms in total. The van der Waals surface area contributed by atoms with Crippen LogP contribution in [0.5, 0.6) is 0 Å². The quantitative estimate of drug-likeness (QED) is 0.731. The number of carbonyl (C=O) groups is 3. The first-order valence-electron chi connectivity index (χ1n) is 9.04. The van der Waals surface area contributed by atoms with Gasteiger partial charge in [-0.3, -0.25) is 9.59 Å². The van der Waals surface area contributed by atoms with Crippen molar-refractivity contribution in [2.75, 3.05) is 5.32 Å². The summed E-state index contributed by atoms with van der Waals surface area (Å²) in [5, 5.41) is 14.7. The maximum Gasteiger partial charge on any atom is 0.335 e. The molecule has 0 atom stereocenters. The summed E-state index contributed by atoms with van der Waals surface area (Å²) in [6, 6.07) is 13.3. The Labute approximate surface area is 157 Å². The first kappa shape index (κ1) is 18.6. The number of carboxylic acid groups (broad SMARTS) is 1. The van der Waals surface area contributed by atoms with Gasteiger partial charge >= 0.3 is 5.97 Å². The summed E-state index contributed by atoms with van der Waals surface area (Å²) in [4.78, 5) is 35.2. The molecule has 3 rings (SSSR count). The van der Waals surface area contributed by atoms with Crippen molar-refractivity contribution in [1.82, 2.24) is 5.32 Å². The molecular formula is C21H22N2O4. The summed E-state index contributed by atoms with van der Waals surface area (Å²) in [5.74, 6) is -1.29. The molecule has 0 saturated heterocycles. The van der Waals surface area contributed by atoms with Crippen LogP contribution >= 0.6 is 0 Å². The van der Waals surface area contributed by atoms with Gasteiger partial charge in [-0.2, -0.15) is 0 Å². The minimum atomic E-state index is -0.997. The molecule has 2 aromatic carbocycles. The molecule has 3 N–H and O–H groups in total. The molecule has 6 heteroatoms. The van der Waals surface area contributed by atoms with Crippen LogP contribution in [-0.2, 0) is 11.2 Å². The second kappa shape index (κ2) is 8.49. The molecule has 0 heterocycles. The van der Waals surface area contributed by atoms with Crippen LogP contribution in [0.15, 0.2) is 48.5 Å². The van der Waals surface area contributed by atoms with Gasteiger partial charge in [-0.1, -0.05) is 25.0 Å². The number of benzene rings is 2. The number of hydrogen-bond donors (Lipinski definition) is 3. The standard InChI is InChI=1S/C21H22N2O4/c24-19(13-14-5-7-16(8-6-14)21(26)27)22-18-11-9-15(10-12-18)20(25)23-17-3-1-2-4-17/h5-12,17H,1-4,13H2,(H,22,24)(H,23,25)(H,26,27). The number of hydrogen-bond acceptors (Lipinski definition) is 3. The summed E-state index contributed by atoms with van der Waals surface area (Å²) in [7, 11) is 0. The molecule has 0 spiro atoms. The Morgan fingerprint density at radius 2 is 1.48 bits per heavy atom. The number of carbonyl (C=O) groups excluding carboxylic acids is 2. The lowest BCUT2D eigenvalue weighted by atomic mass is 10.1. The largest absolute Gasteiger partial charge is 0.478 e. The van der Waals surface area contributed by atoms with E-state index in [2.05, 4.69) is 10.6 Å². The highest BCUT2D eigenvalue weighted by atomic mass is 16.4. The Bertz CT molecular complexity index is 822. The molecule has 0 radical (unpaired) electrons. The number of carboxylic acids is 1. The fourth-order valence-electron chi connectivity index (χ4n) is 3.20. The lowest BCUT2D eigenvalue weighted by Gasteiger charge is -2.12. The zero-order valence-electron chi connectivity index (χ0n) is 14.9. The van der Waals surface area contributed by atoms with Crippen LogP contribution in [0, 0.1) is 0 Å². The highest BCUT2D eigenvalue weighted by molar-refractivity contribution is 5.96. The van der Waals surface area contributed by atoms with Crippen molar-refractivity contribution in [3.05, 3.63) is 65.2 Å². The Balaban J connectivity index is 1.53. The fraction of sp³-hybridized carbons (Fsp3) is 0.286. The SMILES string of the molecule is O=C(Cc1ccc(C(=O)O)cc1)Nc1ccc(C(=O)NC2CCCC2)cc1. The summed E-state index contributed by atoms with van der Waals surface area (Å²) in [5.41, 5.74) is 2.10. The monoisotopic (exact) mass is 366 g/mol. The predicted octanol–water partition coefficient (Wildman–Crippen LogP) is 3.24.